The predicted molar refractivity (Wildman–Crippen MR) is 78.7 cm³/mol. The summed E-state index contributed by atoms with van der Waals surface area (Å²) in [5.41, 5.74) is 0.123. The molecular formula is C12H20ClN3OS. The van der Waals surface area contributed by atoms with Crippen LogP contribution in [0.3, 0.4) is 0 Å². The Morgan fingerprint density at radius 3 is 2.67 bits per heavy atom. The zero-order valence-electron chi connectivity index (χ0n) is 11.2. The van der Waals surface area contributed by atoms with E-state index in [0.717, 1.165) is 17.8 Å². The Balaban J connectivity index is 2.84. The number of thioether (sulfide) groups is 1. The number of nitrogens with zero attached hydrogens (tertiary/aromatic N) is 2. The molecule has 0 radical (unpaired) electrons. The molecule has 0 aliphatic carbocycles. The summed E-state index contributed by atoms with van der Waals surface area (Å²) < 4.78 is 0. The summed E-state index contributed by atoms with van der Waals surface area (Å²) in [5.74, 6) is 2.01. The Hall–Kier alpha value is -0.520. The van der Waals surface area contributed by atoms with E-state index < -0.39 is 5.60 Å². The maximum atomic E-state index is 10.1. The summed E-state index contributed by atoms with van der Waals surface area (Å²) in [7, 11) is 0. The molecule has 6 heteroatoms. The normalized spacial score (nSPS) is 14.3. The van der Waals surface area contributed by atoms with Crippen molar-refractivity contribution in [2.24, 2.45) is 0 Å². The molecule has 0 saturated heterocycles. The van der Waals surface area contributed by atoms with Gasteiger partial charge < -0.3 is 10.4 Å². The van der Waals surface area contributed by atoms with Crippen molar-refractivity contribution in [1.29, 1.82) is 0 Å². The Kier molecular flexibility index (Phi) is 5.69. The third-order valence-corrected chi connectivity index (χ3v) is 3.74. The predicted octanol–water partition coefficient (Wildman–Crippen LogP) is 2.53. The maximum Gasteiger partial charge on any atom is 0.138 e. The molecule has 1 aromatic rings. The molecule has 0 bridgehead atoms. The highest BCUT2D eigenvalue weighted by molar-refractivity contribution is 7.98. The Labute approximate surface area is 118 Å². The molecule has 1 atom stereocenters. The van der Waals surface area contributed by atoms with E-state index in [4.69, 9.17) is 11.6 Å². The molecule has 0 spiro atoms. The summed E-state index contributed by atoms with van der Waals surface area (Å²) in [5, 5.41) is 13.8. The molecule has 0 amide bonds. The first-order valence-corrected chi connectivity index (χ1v) is 7.65. The SMILES string of the molecule is CCc1c(Cl)nc(C)nc1NCC(C)(O)CSC. The van der Waals surface area contributed by atoms with E-state index in [-0.39, 0.29) is 0 Å². The zero-order valence-corrected chi connectivity index (χ0v) is 12.8. The summed E-state index contributed by atoms with van der Waals surface area (Å²) >= 11 is 7.70. The highest BCUT2D eigenvalue weighted by Crippen LogP contribution is 2.22. The molecule has 1 unspecified atom stereocenters. The maximum absolute atomic E-state index is 10.1. The second-order valence-electron chi connectivity index (χ2n) is 4.53. The van der Waals surface area contributed by atoms with Crippen LogP contribution in [0.25, 0.3) is 0 Å². The molecule has 2 N–H and O–H groups in total. The zero-order chi connectivity index (χ0) is 13.8. The van der Waals surface area contributed by atoms with Gasteiger partial charge in [0.15, 0.2) is 0 Å². The van der Waals surface area contributed by atoms with Crippen LogP contribution in [0.2, 0.25) is 5.15 Å². The molecule has 18 heavy (non-hydrogen) atoms. The van der Waals surface area contributed by atoms with Gasteiger partial charge in [-0.05, 0) is 26.5 Å². The Bertz CT molecular complexity index is 413. The highest BCUT2D eigenvalue weighted by atomic mass is 35.5. The van der Waals surface area contributed by atoms with Gasteiger partial charge in [0.2, 0.25) is 0 Å². The lowest BCUT2D eigenvalue weighted by atomic mass is 10.1. The number of hydrogen-bond acceptors (Lipinski definition) is 5. The fraction of sp³-hybridized carbons (Fsp3) is 0.667. The van der Waals surface area contributed by atoms with E-state index in [9.17, 15) is 5.11 Å². The van der Waals surface area contributed by atoms with Crippen LogP contribution in [0, 0.1) is 6.92 Å². The topological polar surface area (TPSA) is 58.0 Å². The van der Waals surface area contributed by atoms with Crippen molar-refractivity contribution in [1.82, 2.24) is 9.97 Å². The van der Waals surface area contributed by atoms with E-state index in [0.29, 0.717) is 23.3 Å². The Morgan fingerprint density at radius 1 is 1.44 bits per heavy atom. The van der Waals surface area contributed by atoms with Crippen molar-refractivity contribution in [3.63, 3.8) is 0 Å². The minimum atomic E-state index is -0.768. The quantitative estimate of drug-likeness (QED) is 0.788. The van der Waals surface area contributed by atoms with Crippen LogP contribution in [0.15, 0.2) is 0 Å². The van der Waals surface area contributed by atoms with Gasteiger partial charge in [0, 0.05) is 17.9 Å². The fourth-order valence-electron chi connectivity index (χ4n) is 1.66. The molecule has 0 saturated carbocycles. The number of nitrogens with one attached hydrogen (secondary N) is 1. The van der Waals surface area contributed by atoms with Gasteiger partial charge in [0.25, 0.3) is 0 Å². The van der Waals surface area contributed by atoms with Gasteiger partial charge in [-0.3, -0.25) is 0 Å². The second kappa shape index (κ2) is 6.59. The third kappa shape index (κ3) is 4.30. The van der Waals surface area contributed by atoms with Gasteiger partial charge in [-0.15, -0.1) is 0 Å². The van der Waals surface area contributed by atoms with Gasteiger partial charge in [-0.1, -0.05) is 18.5 Å². The summed E-state index contributed by atoms with van der Waals surface area (Å²) in [4.78, 5) is 8.48. The van der Waals surface area contributed by atoms with Gasteiger partial charge in [-0.2, -0.15) is 11.8 Å². The first-order chi connectivity index (χ1) is 8.39. The molecule has 1 aromatic heterocycles. The average molecular weight is 290 g/mol. The first-order valence-electron chi connectivity index (χ1n) is 5.88. The molecule has 1 rings (SSSR count). The minimum absolute atomic E-state index is 0.438. The van der Waals surface area contributed by atoms with Crippen LogP contribution < -0.4 is 5.32 Å². The largest absolute Gasteiger partial charge is 0.387 e. The molecule has 0 aromatic carbocycles. The molecule has 102 valence electrons. The Morgan fingerprint density at radius 2 is 2.11 bits per heavy atom. The minimum Gasteiger partial charge on any atom is -0.387 e. The lowest BCUT2D eigenvalue weighted by Gasteiger charge is -2.23. The lowest BCUT2D eigenvalue weighted by molar-refractivity contribution is 0.0996. The smallest absolute Gasteiger partial charge is 0.138 e. The van der Waals surface area contributed by atoms with Crippen molar-refractivity contribution >= 4 is 29.2 Å². The third-order valence-electron chi connectivity index (χ3n) is 2.51. The van der Waals surface area contributed by atoms with Gasteiger partial charge in [-0.25, -0.2) is 9.97 Å². The van der Waals surface area contributed by atoms with Crippen LogP contribution in [-0.2, 0) is 6.42 Å². The van der Waals surface area contributed by atoms with Crippen molar-refractivity contribution in [2.75, 3.05) is 23.9 Å². The monoisotopic (exact) mass is 289 g/mol. The highest BCUT2D eigenvalue weighted by Gasteiger charge is 2.20. The number of halogens is 1. The molecule has 0 fully saturated rings. The van der Waals surface area contributed by atoms with Crippen molar-refractivity contribution < 1.29 is 5.11 Å². The van der Waals surface area contributed by atoms with Crippen LogP contribution in [0.1, 0.15) is 25.2 Å². The summed E-state index contributed by atoms with van der Waals surface area (Å²) in [6, 6.07) is 0. The fourth-order valence-corrected chi connectivity index (χ4v) is 2.73. The van der Waals surface area contributed by atoms with Crippen LogP contribution >= 0.6 is 23.4 Å². The molecule has 0 aliphatic heterocycles. The van der Waals surface area contributed by atoms with E-state index in [1.807, 2.05) is 13.2 Å². The van der Waals surface area contributed by atoms with Crippen LogP contribution in [0.5, 0.6) is 0 Å². The van der Waals surface area contributed by atoms with Crippen LogP contribution in [-0.4, -0.2) is 39.2 Å². The van der Waals surface area contributed by atoms with Crippen molar-refractivity contribution in [2.45, 2.75) is 32.8 Å². The first kappa shape index (κ1) is 15.5. The number of aromatic nitrogens is 2. The number of anilines is 1. The van der Waals surface area contributed by atoms with Gasteiger partial charge >= 0.3 is 0 Å². The van der Waals surface area contributed by atoms with E-state index in [1.165, 1.54) is 0 Å². The number of hydrogen-bond donors (Lipinski definition) is 2. The summed E-state index contributed by atoms with van der Waals surface area (Å²) in [6.45, 7) is 6.05. The molecular weight excluding hydrogens is 270 g/mol. The second-order valence-corrected chi connectivity index (χ2v) is 5.75. The van der Waals surface area contributed by atoms with E-state index >= 15 is 0 Å². The van der Waals surface area contributed by atoms with E-state index in [1.54, 1.807) is 25.6 Å². The standard InChI is InChI=1S/C12H20ClN3OS/c1-5-9-10(13)15-8(2)16-11(9)14-6-12(3,17)7-18-4/h17H,5-7H2,1-4H3,(H,14,15,16). The molecule has 1 heterocycles. The number of aryl methyl sites for hydroxylation is 1. The van der Waals surface area contributed by atoms with Crippen molar-refractivity contribution in [3.05, 3.63) is 16.5 Å². The van der Waals surface area contributed by atoms with Gasteiger partial charge in [0.1, 0.15) is 16.8 Å². The number of aliphatic hydroxyl groups is 1. The number of rotatable bonds is 6. The van der Waals surface area contributed by atoms with Crippen molar-refractivity contribution in [3.8, 4) is 0 Å². The van der Waals surface area contributed by atoms with Gasteiger partial charge in [0.05, 0.1) is 5.60 Å². The average Bonchev–Trinajstić information content (AvgIpc) is 2.26. The van der Waals surface area contributed by atoms with E-state index in [2.05, 4.69) is 15.3 Å². The molecule has 0 aliphatic rings. The summed E-state index contributed by atoms with van der Waals surface area (Å²) in [6.07, 6.45) is 2.73. The van der Waals surface area contributed by atoms with Crippen LogP contribution in [0.4, 0.5) is 5.82 Å². The lowest BCUT2D eigenvalue weighted by Crippen LogP contribution is -2.36. The molecule has 4 nitrogen and oxygen atoms in total.